The lowest BCUT2D eigenvalue weighted by atomic mass is 10.1. The van der Waals surface area contributed by atoms with Gasteiger partial charge in [0.1, 0.15) is 0 Å². The van der Waals surface area contributed by atoms with Gasteiger partial charge in [-0.3, -0.25) is 9.69 Å². The predicted octanol–water partition coefficient (Wildman–Crippen LogP) is 3.29. The zero-order valence-corrected chi connectivity index (χ0v) is 18.1. The molecule has 0 saturated carbocycles. The van der Waals surface area contributed by atoms with Gasteiger partial charge in [-0.15, -0.1) is 5.10 Å². The molecule has 2 aromatic heterocycles. The number of hydrogen-bond donors (Lipinski definition) is 1. The number of nitrogens with one attached hydrogen (secondary N) is 1. The first-order valence-corrected chi connectivity index (χ1v) is 10.9. The summed E-state index contributed by atoms with van der Waals surface area (Å²) < 4.78 is 7.67. The first-order chi connectivity index (χ1) is 14.7. The monoisotopic (exact) mass is 467 g/mol. The van der Waals surface area contributed by atoms with Gasteiger partial charge < -0.3 is 10.1 Å². The molecule has 4 aromatic rings. The lowest BCUT2D eigenvalue weighted by Gasteiger charge is -2.26. The number of benzene rings is 2. The quantitative estimate of drug-likeness (QED) is 0.276. The molecule has 0 atom stereocenters. The van der Waals surface area contributed by atoms with Gasteiger partial charge in [-0.1, -0.05) is 40.2 Å². The molecule has 0 unspecified atom stereocenters. The first-order valence-electron chi connectivity index (χ1n) is 10.2. The standard InChI is InChI=1S/C22H22BrN5O2/c23-15-6-7-19-18(14-15)22(29)28-21(25-19)17-5-2-1-4-16(17)20(26-28)24-8-3-9-27-10-12-30-13-11-27/h1-2,4-7,14H,3,8-13H2,(H,24,26). The van der Waals surface area contributed by atoms with Gasteiger partial charge in [0.2, 0.25) is 0 Å². The second kappa shape index (κ2) is 8.29. The molecule has 8 heteroatoms. The van der Waals surface area contributed by atoms with Crippen molar-refractivity contribution in [3.8, 4) is 0 Å². The summed E-state index contributed by atoms with van der Waals surface area (Å²) >= 11 is 3.44. The Labute approximate surface area is 181 Å². The molecule has 5 rings (SSSR count). The van der Waals surface area contributed by atoms with E-state index in [1.54, 1.807) is 6.07 Å². The van der Waals surface area contributed by atoms with E-state index in [4.69, 9.17) is 9.72 Å². The van der Waals surface area contributed by atoms with Crippen molar-refractivity contribution in [2.75, 3.05) is 44.7 Å². The Hall–Kier alpha value is -2.55. The minimum absolute atomic E-state index is 0.168. The molecule has 0 bridgehead atoms. The molecule has 0 spiro atoms. The van der Waals surface area contributed by atoms with Crippen LogP contribution in [0.4, 0.5) is 5.82 Å². The van der Waals surface area contributed by atoms with E-state index in [0.29, 0.717) is 22.4 Å². The van der Waals surface area contributed by atoms with E-state index in [-0.39, 0.29) is 5.56 Å². The van der Waals surface area contributed by atoms with Crippen LogP contribution in [0, 0.1) is 0 Å². The molecule has 1 aliphatic heterocycles. The van der Waals surface area contributed by atoms with Crippen molar-refractivity contribution in [2.45, 2.75) is 6.42 Å². The molecule has 0 aliphatic carbocycles. The Morgan fingerprint density at radius 1 is 1.07 bits per heavy atom. The van der Waals surface area contributed by atoms with Crippen LogP contribution in [0.1, 0.15) is 6.42 Å². The highest BCUT2D eigenvalue weighted by molar-refractivity contribution is 9.10. The second-order valence-corrected chi connectivity index (χ2v) is 8.36. The van der Waals surface area contributed by atoms with Gasteiger partial charge in [0.25, 0.3) is 5.56 Å². The summed E-state index contributed by atoms with van der Waals surface area (Å²) in [5, 5.41) is 10.5. The minimum Gasteiger partial charge on any atom is -0.379 e. The number of nitrogens with zero attached hydrogens (tertiary/aromatic N) is 4. The van der Waals surface area contributed by atoms with Crippen LogP contribution in [0.25, 0.3) is 27.3 Å². The fourth-order valence-electron chi connectivity index (χ4n) is 3.92. The molecule has 1 N–H and O–H groups in total. The SMILES string of the molecule is O=c1c2cc(Br)ccc2nc2c3ccccc3c(NCCCN3CCOCC3)nn12. The minimum atomic E-state index is -0.168. The molecule has 1 saturated heterocycles. The fraction of sp³-hybridized carbons (Fsp3) is 0.318. The van der Waals surface area contributed by atoms with E-state index in [1.165, 1.54) is 4.52 Å². The highest BCUT2D eigenvalue weighted by atomic mass is 79.9. The van der Waals surface area contributed by atoms with Gasteiger partial charge >= 0.3 is 0 Å². The number of hydrogen-bond acceptors (Lipinski definition) is 6. The summed E-state index contributed by atoms with van der Waals surface area (Å²) in [5.41, 5.74) is 1.07. The summed E-state index contributed by atoms with van der Waals surface area (Å²) in [6.45, 7) is 5.39. The normalized spacial score (nSPS) is 15.2. The molecule has 30 heavy (non-hydrogen) atoms. The van der Waals surface area contributed by atoms with E-state index >= 15 is 0 Å². The lowest BCUT2D eigenvalue weighted by molar-refractivity contribution is 0.0378. The Bertz CT molecular complexity index is 1280. The van der Waals surface area contributed by atoms with Crippen molar-refractivity contribution in [3.05, 3.63) is 57.3 Å². The number of rotatable bonds is 5. The zero-order valence-electron chi connectivity index (χ0n) is 16.5. The molecule has 2 aromatic carbocycles. The maximum Gasteiger partial charge on any atom is 0.282 e. The van der Waals surface area contributed by atoms with Gasteiger partial charge in [-0.05, 0) is 31.2 Å². The maximum absolute atomic E-state index is 13.2. The largest absolute Gasteiger partial charge is 0.379 e. The Balaban J connectivity index is 1.51. The molecular weight excluding hydrogens is 446 g/mol. The lowest BCUT2D eigenvalue weighted by Crippen LogP contribution is -2.37. The molecule has 0 radical (unpaired) electrons. The average molecular weight is 468 g/mol. The van der Waals surface area contributed by atoms with Crippen molar-refractivity contribution < 1.29 is 4.74 Å². The van der Waals surface area contributed by atoms with Crippen molar-refractivity contribution in [2.24, 2.45) is 0 Å². The van der Waals surface area contributed by atoms with E-state index in [2.05, 4.69) is 31.2 Å². The number of anilines is 1. The summed E-state index contributed by atoms with van der Waals surface area (Å²) in [6.07, 6.45) is 0.992. The summed E-state index contributed by atoms with van der Waals surface area (Å²) in [4.78, 5) is 20.3. The van der Waals surface area contributed by atoms with Gasteiger partial charge in [0, 0.05) is 34.9 Å². The van der Waals surface area contributed by atoms with Gasteiger partial charge in [0.05, 0.1) is 24.1 Å². The van der Waals surface area contributed by atoms with Crippen molar-refractivity contribution in [1.29, 1.82) is 0 Å². The fourth-order valence-corrected chi connectivity index (χ4v) is 4.28. The molecule has 1 aliphatic rings. The van der Waals surface area contributed by atoms with Crippen molar-refractivity contribution >= 4 is 49.1 Å². The second-order valence-electron chi connectivity index (χ2n) is 7.44. The van der Waals surface area contributed by atoms with Crippen LogP contribution in [0.15, 0.2) is 51.7 Å². The number of fused-ring (bicyclic) bond motifs is 4. The highest BCUT2D eigenvalue weighted by Gasteiger charge is 2.14. The summed E-state index contributed by atoms with van der Waals surface area (Å²) in [5.74, 6) is 0.707. The number of aromatic nitrogens is 3. The molecule has 3 heterocycles. The summed E-state index contributed by atoms with van der Waals surface area (Å²) in [6, 6.07) is 13.5. The van der Waals surface area contributed by atoms with E-state index in [0.717, 1.165) is 61.1 Å². The van der Waals surface area contributed by atoms with E-state index < -0.39 is 0 Å². The smallest absolute Gasteiger partial charge is 0.282 e. The van der Waals surface area contributed by atoms with Crippen molar-refractivity contribution in [1.82, 2.24) is 19.5 Å². The number of ether oxygens (including phenoxy) is 1. The summed E-state index contributed by atoms with van der Waals surface area (Å²) in [7, 11) is 0. The maximum atomic E-state index is 13.2. The number of morpholine rings is 1. The van der Waals surface area contributed by atoms with Gasteiger partial charge in [-0.25, -0.2) is 4.98 Å². The third-order valence-electron chi connectivity index (χ3n) is 5.48. The van der Waals surface area contributed by atoms with Crippen LogP contribution in [0.3, 0.4) is 0 Å². The van der Waals surface area contributed by atoms with E-state index in [9.17, 15) is 4.79 Å². The Morgan fingerprint density at radius 3 is 2.70 bits per heavy atom. The van der Waals surface area contributed by atoms with Crippen LogP contribution in [-0.2, 0) is 4.74 Å². The molecule has 1 fully saturated rings. The van der Waals surface area contributed by atoms with Crippen LogP contribution < -0.4 is 10.9 Å². The zero-order chi connectivity index (χ0) is 20.5. The van der Waals surface area contributed by atoms with Gasteiger partial charge in [-0.2, -0.15) is 4.52 Å². The van der Waals surface area contributed by atoms with Gasteiger partial charge in [0.15, 0.2) is 11.5 Å². The average Bonchev–Trinajstić information content (AvgIpc) is 2.78. The Kier molecular flexibility index (Phi) is 5.37. The Morgan fingerprint density at radius 2 is 1.87 bits per heavy atom. The third-order valence-corrected chi connectivity index (χ3v) is 5.97. The van der Waals surface area contributed by atoms with Crippen LogP contribution >= 0.6 is 15.9 Å². The molecule has 154 valence electrons. The topological polar surface area (TPSA) is 71.8 Å². The molecule has 7 nitrogen and oxygen atoms in total. The van der Waals surface area contributed by atoms with Crippen LogP contribution in [0.5, 0.6) is 0 Å². The van der Waals surface area contributed by atoms with Crippen molar-refractivity contribution in [3.63, 3.8) is 0 Å². The molecule has 0 amide bonds. The predicted molar refractivity (Wildman–Crippen MR) is 122 cm³/mol. The highest BCUT2D eigenvalue weighted by Crippen LogP contribution is 2.25. The molecular formula is C22H22BrN5O2. The van der Waals surface area contributed by atoms with Crippen LogP contribution in [0.2, 0.25) is 0 Å². The van der Waals surface area contributed by atoms with E-state index in [1.807, 2.05) is 36.4 Å². The first kappa shape index (κ1) is 19.4. The third kappa shape index (κ3) is 3.66. The number of halogens is 1. The van der Waals surface area contributed by atoms with Crippen LogP contribution in [-0.4, -0.2) is 58.9 Å².